The van der Waals surface area contributed by atoms with Crippen LogP contribution in [0.5, 0.6) is 5.75 Å². The van der Waals surface area contributed by atoms with Crippen LogP contribution in [0.3, 0.4) is 0 Å². The number of benzene rings is 2. The summed E-state index contributed by atoms with van der Waals surface area (Å²) in [5.41, 5.74) is 5.00. The largest absolute Gasteiger partial charge is 0.494 e. The number of carbonyl (C=O) groups is 1. The Morgan fingerprint density at radius 2 is 1.57 bits per heavy atom. The molecule has 190 valence electrons. The fraction of sp³-hybridized carbons (Fsp3) is 0.536. The summed E-state index contributed by atoms with van der Waals surface area (Å²) in [4.78, 5) is 21.8. The molecule has 0 spiro atoms. The molecule has 2 fully saturated rings. The van der Waals surface area contributed by atoms with Crippen molar-refractivity contribution in [3.8, 4) is 5.75 Å². The van der Waals surface area contributed by atoms with Crippen molar-refractivity contribution in [1.29, 1.82) is 0 Å². The Hall–Kier alpha value is -2.44. The topological polar surface area (TPSA) is 39.3 Å². The van der Waals surface area contributed by atoms with Crippen LogP contribution in [-0.4, -0.2) is 81.7 Å². The van der Waals surface area contributed by atoms with Crippen molar-refractivity contribution in [2.24, 2.45) is 0 Å². The molecule has 2 aliphatic rings. The summed E-state index contributed by atoms with van der Waals surface area (Å²) in [6.45, 7) is 12.3. The van der Waals surface area contributed by atoms with E-state index in [2.05, 4.69) is 53.8 Å². The van der Waals surface area contributed by atoms with Gasteiger partial charge in [-0.2, -0.15) is 0 Å². The van der Waals surface area contributed by atoms with E-state index in [-0.39, 0.29) is 5.91 Å². The van der Waals surface area contributed by atoms with Crippen LogP contribution in [0.25, 0.3) is 0 Å². The summed E-state index contributed by atoms with van der Waals surface area (Å²) in [5.74, 6) is 1.10. The molecule has 2 aromatic carbocycles. The first kappa shape index (κ1) is 25.6. The van der Waals surface area contributed by atoms with Gasteiger partial charge in [-0.25, -0.2) is 0 Å². The van der Waals surface area contributed by atoms with E-state index >= 15 is 0 Å². The van der Waals surface area contributed by atoms with Crippen molar-refractivity contribution >= 4 is 28.9 Å². The van der Waals surface area contributed by atoms with Crippen LogP contribution >= 0.6 is 11.6 Å². The molecular weight excluding hydrogens is 460 g/mol. The lowest BCUT2D eigenvalue weighted by Gasteiger charge is -2.37. The van der Waals surface area contributed by atoms with Gasteiger partial charge in [0, 0.05) is 70.5 Å². The monoisotopic (exact) mass is 498 g/mol. The minimum atomic E-state index is 0.259. The number of aryl methyl sites for hydroxylation is 1. The molecule has 35 heavy (non-hydrogen) atoms. The number of rotatable bonds is 8. The van der Waals surface area contributed by atoms with Crippen molar-refractivity contribution in [1.82, 2.24) is 9.80 Å². The van der Waals surface area contributed by atoms with Crippen LogP contribution in [0.15, 0.2) is 36.4 Å². The van der Waals surface area contributed by atoms with Crippen LogP contribution in [-0.2, 0) is 4.79 Å². The molecule has 0 aliphatic carbocycles. The number of carbonyl (C=O) groups excluding carboxylic acids is 1. The smallest absolute Gasteiger partial charge is 0.222 e. The molecule has 6 nitrogen and oxygen atoms in total. The third kappa shape index (κ3) is 6.62. The number of unbranched alkanes of at least 4 members (excludes halogenated alkanes) is 1. The maximum absolute atomic E-state index is 12.7. The van der Waals surface area contributed by atoms with E-state index in [0.717, 1.165) is 81.7 Å². The maximum atomic E-state index is 12.7. The third-order valence-electron chi connectivity index (χ3n) is 7.36. The van der Waals surface area contributed by atoms with Gasteiger partial charge in [-0.3, -0.25) is 4.79 Å². The molecule has 2 heterocycles. The summed E-state index contributed by atoms with van der Waals surface area (Å²) in [5, 5.41) is 0.769. The number of hydrogen-bond donors (Lipinski definition) is 0. The number of piperazine rings is 2. The zero-order chi connectivity index (χ0) is 24.8. The molecule has 0 saturated carbocycles. The highest BCUT2D eigenvalue weighted by Crippen LogP contribution is 2.31. The number of amides is 1. The van der Waals surface area contributed by atoms with Crippen LogP contribution in [0.2, 0.25) is 5.02 Å². The van der Waals surface area contributed by atoms with Gasteiger partial charge in [0.2, 0.25) is 5.91 Å². The second-order valence-electron chi connectivity index (χ2n) is 9.80. The molecule has 4 rings (SSSR count). The second-order valence-corrected chi connectivity index (χ2v) is 10.2. The lowest BCUT2D eigenvalue weighted by molar-refractivity contribution is -0.131. The molecule has 0 atom stereocenters. The van der Waals surface area contributed by atoms with E-state index in [0.29, 0.717) is 13.0 Å². The summed E-state index contributed by atoms with van der Waals surface area (Å²) in [7, 11) is 2.15. The molecule has 0 unspecified atom stereocenters. The molecular formula is C28H39ClN4O2. The quantitative estimate of drug-likeness (QED) is 0.497. The summed E-state index contributed by atoms with van der Waals surface area (Å²) in [6.07, 6.45) is 2.29. The Morgan fingerprint density at radius 1 is 0.886 bits per heavy atom. The molecule has 2 aliphatic heterocycles. The van der Waals surface area contributed by atoms with Gasteiger partial charge < -0.3 is 24.3 Å². The molecule has 0 aromatic heterocycles. The van der Waals surface area contributed by atoms with E-state index in [1.807, 2.05) is 23.1 Å². The summed E-state index contributed by atoms with van der Waals surface area (Å²) < 4.78 is 6.00. The Kier molecular flexibility index (Phi) is 8.79. The van der Waals surface area contributed by atoms with E-state index in [9.17, 15) is 4.79 Å². The van der Waals surface area contributed by atoms with Gasteiger partial charge in [0.25, 0.3) is 0 Å². The van der Waals surface area contributed by atoms with Crippen LogP contribution in [0.4, 0.5) is 11.4 Å². The van der Waals surface area contributed by atoms with Crippen LogP contribution < -0.4 is 14.5 Å². The first-order valence-electron chi connectivity index (χ1n) is 12.9. The Labute approximate surface area is 215 Å². The van der Waals surface area contributed by atoms with E-state index < -0.39 is 0 Å². The Bertz CT molecular complexity index is 998. The number of ether oxygens (including phenoxy) is 1. The fourth-order valence-electron chi connectivity index (χ4n) is 4.87. The zero-order valence-corrected chi connectivity index (χ0v) is 22.2. The average Bonchev–Trinajstić information content (AvgIpc) is 2.87. The van der Waals surface area contributed by atoms with E-state index in [1.54, 1.807) is 0 Å². The number of likely N-dealkylation sites (N-methyl/N-ethyl adjacent to an activating group) is 1. The standard InChI is InChI=1S/C28H39ClN4O2/c1-22-7-6-8-26(23(22)2)31-16-18-33(19-17-31)28(34)9-4-5-20-35-24-10-11-25(29)27(21-24)32-14-12-30(3)13-15-32/h6-8,10-11,21H,4-5,9,12-20H2,1-3H3. The predicted molar refractivity (Wildman–Crippen MR) is 145 cm³/mol. The van der Waals surface area contributed by atoms with E-state index in [4.69, 9.17) is 16.3 Å². The number of hydrogen-bond acceptors (Lipinski definition) is 5. The normalized spacial score (nSPS) is 17.1. The average molecular weight is 499 g/mol. The fourth-order valence-corrected chi connectivity index (χ4v) is 5.11. The first-order chi connectivity index (χ1) is 16.9. The van der Waals surface area contributed by atoms with Gasteiger partial charge in [-0.1, -0.05) is 23.7 Å². The third-order valence-corrected chi connectivity index (χ3v) is 7.68. The highest BCUT2D eigenvalue weighted by atomic mass is 35.5. The number of anilines is 2. The van der Waals surface area contributed by atoms with Crippen LogP contribution in [0.1, 0.15) is 30.4 Å². The van der Waals surface area contributed by atoms with Gasteiger partial charge in [0.15, 0.2) is 0 Å². The molecule has 0 radical (unpaired) electrons. The van der Waals surface area contributed by atoms with Crippen LogP contribution in [0, 0.1) is 13.8 Å². The molecule has 2 saturated heterocycles. The number of nitrogens with zero attached hydrogens (tertiary/aromatic N) is 4. The second kappa shape index (κ2) is 12.0. The SMILES string of the molecule is Cc1cccc(N2CCN(C(=O)CCCCOc3ccc(Cl)c(N4CCN(C)CC4)c3)CC2)c1C. The molecule has 0 N–H and O–H groups in total. The van der Waals surface area contributed by atoms with Crippen molar-refractivity contribution < 1.29 is 9.53 Å². The molecule has 7 heteroatoms. The number of halogens is 1. The van der Waals surface area contributed by atoms with Gasteiger partial charge in [-0.15, -0.1) is 0 Å². The van der Waals surface area contributed by atoms with Crippen molar-refractivity contribution in [2.75, 3.05) is 75.8 Å². The highest BCUT2D eigenvalue weighted by molar-refractivity contribution is 6.33. The Balaban J connectivity index is 1.17. The van der Waals surface area contributed by atoms with Crippen molar-refractivity contribution in [2.45, 2.75) is 33.1 Å². The van der Waals surface area contributed by atoms with E-state index in [1.165, 1.54) is 16.8 Å². The summed E-state index contributed by atoms with van der Waals surface area (Å²) in [6, 6.07) is 12.4. The van der Waals surface area contributed by atoms with Gasteiger partial charge in [-0.05, 0) is 63.1 Å². The minimum Gasteiger partial charge on any atom is -0.494 e. The lowest BCUT2D eigenvalue weighted by atomic mass is 10.1. The summed E-state index contributed by atoms with van der Waals surface area (Å²) >= 11 is 6.46. The van der Waals surface area contributed by atoms with Gasteiger partial charge in [0.1, 0.15) is 5.75 Å². The molecule has 1 amide bonds. The minimum absolute atomic E-state index is 0.259. The van der Waals surface area contributed by atoms with Gasteiger partial charge in [0.05, 0.1) is 17.3 Å². The predicted octanol–water partition coefficient (Wildman–Crippen LogP) is 4.61. The Morgan fingerprint density at radius 3 is 2.31 bits per heavy atom. The van der Waals surface area contributed by atoms with Gasteiger partial charge >= 0.3 is 0 Å². The van der Waals surface area contributed by atoms with Crippen molar-refractivity contribution in [3.63, 3.8) is 0 Å². The molecule has 0 bridgehead atoms. The zero-order valence-electron chi connectivity index (χ0n) is 21.4. The highest BCUT2D eigenvalue weighted by Gasteiger charge is 2.22. The lowest BCUT2D eigenvalue weighted by Crippen LogP contribution is -2.49. The van der Waals surface area contributed by atoms with Crippen molar-refractivity contribution in [3.05, 3.63) is 52.5 Å². The first-order valence-corrected chi connectivity index (χ1v) is 13.2. The molecule has 2 aromatic rings. The maximum Gasteiger partial charge on any atom is 0.222 e.